The summed E-state index contributed by atoms with van der Waals surface area (Å²) in [5.74, 6) is -1.29. The van der Waals surface area contributed by atoms with Gasteiger partial charge in [-0.3, -0.25) is 0 Å². The maximum absolute atomic E-state index is 13.2. The highest BCUT2D eigenvalue weighted by Gasteiger charge is 2.37. The van der Waals surface area contributed by atoms with E-state index in [1.54, 1.807) is 0 Å². The Morgan fingerprint density at radius 1 is 1.26 bits per heavy atom. The Balaban J connectivity index is 1.83. The van der Waals surface area contributed by atoms with E-state index in [1.807, 2.05) is 7.05 Å². The van der Waals surface area contributed by atoms with E-state index in [1.165, 1.54) is 5.69 Å². The second-order valence-corrected chi connectivity index (χ2v) is 6.06. The molecule has 1 aromatic rings. The molecule has 3 rings (SSSR count). The number of hydrogen-bond donors (Lipinski definition) is 1. The van der Waals surface area contributed by atoms with Gasteiger partial charge in [-0.2, -0.15) is 0 Å². The van der Waals surface area contributed by atoms with Crippen molar-refractivity contribution >= 4 is 0 Å². The van der Waals surface area contributed by atoms with Crippen molar-refractivity contribution in [2.75, 3.05) is 0 Å². The van der Waals surface area contributed by atoms with E-state index in [0.29, 0.717) is 12.8 Å². The highest BCUT2D eigenvalue weighted by molar-refractivity contribution is 5.23. The molecule has 1 aromatic heterocycles. The maximum atomic E-state index is 13.2. The van der Waals surface area contributed by atoms with Crippen LogP contribution in [0, 0.1) is 0 Å². The summed E-state index contributed by atoms with van der Waals surface area (Å²) in [6.45, 7) is 0. The molecule has 2 N–H and O–H groups in total. The van der Waals surface area contributed by atoms with Gasteiger partial charge in [0.1, 0.15) is 5.82 Å². The van der Waals surface area contributed by atoms with Crippen LogP contribution in [0.15, 0.2) is 0 Å². The Bertz CT molecular complexity index is 471. The molecule has 0 saturated heterocycles. The van der Waals surface area contributed by atoms with Crippen molar-refractivity contribution in [1.82, 2.24) is 9.55 Å². The minimum Gasteiger partial charge on any atom is -0.335 e. The second kappa shape index (κ2) is 4.54. The van der Waals surface area contributed by atoms with Crippen LogP contribution in [0.2, 0.25) is 0 Å². The molecule has 5 heteroatoms. The molecular weight excluding hydrogens is 248 g/mol. The van der Waals surface area contributed by atoms with E-state index >= 15 is 0 Å². The lowest BCUT2D eigenvalue weighted by Crippen LogP contribution is -2.28. The molecule has 0 amide bonds. The Morgan fingerprint density at radius 2 is 1.95 bits per heavy atom. The molecule has 3 nitrogen and oxygen atoms in total. The van der Waals surface area contributed by atoms with Crippen LogP contribution in [0.4, 0.5) is 8.78 Å². The number of hydrogen-bond acceptors (Lipinski definition) is 2. The normalized spacial score (nSPS) is 27.3. The van der Waals surface area contributed by atoms with Gasteiger partial charge in [0.2, 0.25) is 5.92 Å². The summed E-state index contributed by atoms with van der Waals surface area (Å²) in [7, 11) is 2.02. The minimum atomic E-state index is -2.47. The van der Waals surface area contributed by atoms with Crippen molar-refractivity contribution in [1.29, 1.82) is 0 Å². The summed E-state index contributed by atoms with van der Waals surface area (Å²) in [5.41, 5.74) is 8.32. The van der Waals surface area contributed by atoms with E-state index in [9.17, 15) is 8.78 Å². The number of alkyl halides is 2. The molecule has 0 aliphatic heterocycles. The molecule has 0 aromatic carbocycles. The third-order valence-corrected chi connectivity index (χ3v) is 4.62. The smallest absolute Gasteiger partial charge is 0.248 e. The monoisotopic (exact) mass is 269 g/mol. The lowest BCUT2D eigenvalue weighted by atomic mass is 9.86. The van der Waals surface area contributed by atoms with Crippen molar-refractivity contribution < 1.29 is 8.78 Å². The van der Waals surface area contributed by atoms with Gasteiger partial charge in [-0.1, -0.05) is 0 Å². The SMILES string of the molecule is Cn1c(C2CCC(F)(F)CC2)nc2c1CCC(N)C2. The lowest BCUT2D eigenvalue weighted by molar-refractivity contribution is -0.0389. The standard InChI is InChI=1S/C14H21F2N3/c1-19-12-3-2-10(17)8-11(12)18-13(19)9-4-6-14(15,16)7-5-9/h9-10H,2-8,17H2,1H3. The fraction of sp³-hybridized carbons (Fsp3) is 0.786. The van der Waals surface area contributed by atoms with E-state index in [4.69, 9.17) is 10.7 Å². The average Bonchev–Trinajstić information content (AvgIpc) is 2.66. The van der Waals surface area contributed by atoms with Gasteiger partial charge in [-0.15, -0.1) is 0 Å². The molecule has 19 heavy (non-hydrogen) atoms. The van der Waals surface area contributed by atoms with E-state index in [0.717, 1.165) is 30.8 Å². The van der Waals surface area contributed by atoms with Crippen molar-refractivity contribution in [3.05, 3.63) is 17.2 Å². The molecule has 106 valence electrons. The predicted molar refractivity (Wildman–Crippen MR) is 69.4 cm³/mol. The van der Waals surface area contributed by atoms with Crippen molar-refractivity contribution in [3.8, 4) is 0 Å². The molecule has 0 spiro atoms. The third-order valence-electron chi connectivity index (χ3n) is 4.62. The van der Waals surface area contributed by atoms with E-state index in [2.05, 4.69) is 4.57 Å². The molecule has 2 aliphatic rings. The number of nitrogens with zero attached hydrogens (tertiary/aromatic N) is 2. The van der Waals surface area contributed by atoms with Crippen molar-refractivity contribution in [2.24, 2.45) is 12.8 Å². The summed E-state index contributed by atoms with van der Waals surface area (Å²) < 4.78 is 28.6. The average molecular weight is 269 g/mol. The zero-order chi connectivity index (χ0) is 13.6. The van der Waals surface area contributed by atoms with Gasteiger partial charge in [0.05, 0.1) is 5.69 Å². The van der Waals surface area contributed by atoms with Gasteiger partial charge in [0, 0.05) is 44.0 Å². The molecule has 0 radical (unpaired) electrons. The minimum absolute atomic E-state index is 0.00525. The van der Waals surface area contributed by atoms with Crippen LogP contribution in [0.1, 0.15) is 55.2 Å². The Morgan fingerprint density at radius 3 is 2.63 bits per heavy atom. The molecule has 1 saturated carbocycles. The fourth-order valence-corrected chi connectivity index (χ4v) is 3.42. The Kier molecular flexibility index (Phi) is 3.12. The Labute approximate surface area is 112 Å². The predicted octanol–water partition coefficient (Wildman–Crippen LogP) is 2.53. The summed E-state index contributed by atoms with van der Waals surface area (Å²) in [4.78, 5) is 4.71. The zero-order valence-corrected chi connectivity index (χ0v) is 11.3. The Hall–Kier alpha value is -0.970. The van der Waals surface area contributed by atoms with Gasteiger partial charge in [0.25, 0.3) is 0 Å². The van der Waals surface area contributed by atoms with Crippen LogP contribution in [-0.4, -0.2) is 21.5 Å². The van der Waals surface area contributed by atoms with Gasteiger partial charge < -0.3 is 10.3 Å². The highest BCUT2D eigenvalue weighted by atomic mass is 19.3. The molecule has 1 heterocycles. The van der Waals surface area contributed by atoms with E-state index < -0.39 is 5.92 Å². The first kappa shape index (κ1) is 13.0. The number of aromatic nitrogens is 2. The van der Waals surface area contributed by atoms with Crippen LogP contribution >= 0.6 is 0 Å². The zero-order valence-electron chi connectivity index (χ0n) is 11.3. The van der Waals surface area contributed by atoms with Crippen molar-refractivity contribution in [2.45, 2.75) is 62.8 Å². The van der Waals surface area contributed by atoms with Crippen LogP contribution in [0.3, 0.4) is 0 Å². The highest BCUT2D eigenvalue weighted by Crippen LogP contribution is 2.41. The van der Waals surface area contributed by atoms with Crippen molar-refractivity contribution in [3.63, 3.8) is 0 Å². The first-order valence-corrected chi connectivity index (χ1v) is 7.14. The molecule has 1 fully saturated rings. The van der Waals surface area contributed by atoms with Gasteiger partial charge in [-0.05, 0) is 25.7 Å². The first-order valence-electron chi connectivity index (χ1n) is 7.14. The maximum Gasteiger partial charge on any atom is 0.248 e. The van der Waals surface area contributed by atoms with Crippen LogP contribution in [-0.2, 0) is 19.9 Å². The molecule has 1 atom stereocenters. The summed E-state index contributed by atoms with van der Waals surface area (Å²) in [6, 6.07) is 0.200. The van der Waals surface area contributed by atoms with Crippen LogP contribution in [0.5, 0.6) is 0 Å². The second-order valence-electron chi connectivity index (χ2n) is 6.06. The molecular formula is C14H21F2N3. The van der Waals surface area contributed by atoms with Gasteiger partial charge in [0.15, 0.2) is 0 Å². The number of imidazole rings is 1. The number of nitrogens with two attached hydrogens (primary N) is 1. The third kappa shape index (κ3) is 2.40. The first-order chi connectivity index (χ1) is 8.96. The van der Waals surface area contributed by atoms with Gasteiger partial charge in [-0.25, -0.2) is 13.8 Å². The summed E-state index contributed by atoms with van der Waals surface area (Å²) in [5, 5.41) is 0. The van der Waals surface area contributed by atoms with Crippen LogP contribution < -0.4 is 5.73 Å². The number of halogens is 2. The summed E-state index contributed by atoms with van der Waals surface area (Å²) in [6.07, 6.45) is 3.86. The van der Waals surface area contributed by atoms with Gasteiger partial charge >= 0.3 is 0 Å². The van der Waals surface area contributed by atoms with E-state index in [-0.39, 0.29) is 24.8 Å². The summed E-state index contributed by atoms with van der Waals surface area (Å²) >= 11 is 0. The molecule has 1 unspecified atom stereocenters. The van der Waals surface area contributed by atoms with Crippen LogP contribution in [0.25, 0.3) is 0 Å². The number of rotatable bonds is 1. The number of fused-ring (bicyclic) bond motifs is 1. The molecule has 2 aliphatic carbocycles. The fourth-order valence-electron chi connectivity index (χ4n) is 3.42. The molecule has 0 bridgehead atoms. The quantitative estimate of drug-likeness (QED) is 0.851. The lowest BCUT2D eigenvalue weighted by Gasteiger charge is -2.27. The topological polar surface area (TPSA) is 43.8 Å². The largest absolute Gasteiger partial charge is 0.335 e.